The highest BCUT2D eigenvalue weighted by atomic mass is 19.4. The number of amides is 1. The molecule has 0 radical (unpaired) electrons. The van der Waals surface area contributed by atoms with Crippen molar-refractivity contribution in [3.8, 4) is 0 Å². The Bertz CT molecular complexity index is 997. The van der Waals surface area contributed by atoms with Gasteiger partial charge in [-0.1, -0.05) is 78.9 Å². The van der Waals surface area contributed by atoms with Gasteiger partial charge in [0.15, 0.2) is 0 Å². The minimum absolute atomic E-state index is 0.165. The Hall–Kier alpha value is -3.61. The van der Waals surface area contributed by atoms with Gasteiger partial charge in [0.25, 0.3) is 0 Å². The average Bonchev–Trinajstić information content (AvgIpc) is 2.74. The fourth-order valence-corrected chi connectivity index (χ4v) is 3.35. The zero-order valence-electron chi connectivity index (χ0n) is 16.3. The molecule has 31 heavy (non-hydrogen) atoms. The highest BCUT2D eigenvalue weighted by Crippen LogP contribution is 2.30. The van der Waals surface area contributed by atoms with E-state index in [1.54, 1.807) is 60.7 Å². The standard InChI is InChI=1S/C24H20F3NO3/c25-24(26,27)19-13-7-8-16(14-19)15-20(23(30)31)28-22(29)21(17-9-3-1-4-10-17)18-11-5-2-6-12-18/h1-14,20-21H,15H2,(H,28,29)(H,30,31)/t20-/m1/s1. The maximum atomic E-state index is 13.1. The number of carbonyl (C=O) groups is 2. The lowest BCUT2D eigenvalue weighted by atomic mass is 9.90. The molecule has 3 aromatic rings. The van der Waals surface area contributed by atoms with Crippen molar-refractivity contribution in [2.24, 2.45) is 0 Å². The summed E-state index contributed by atoms with van der Waals surface area (Å²) in [6.45, 7) is 0. The van der Waals surface area contributed by atoms with Crippen molar-refractivity contribution in [3.63, 3.8) is 0 Å². The van der Waals surface area contributed by atoms with E-state index in [4.69, 9.17) is 0 Å². The molecule has 0 unspecified atom stereocenters. The second-order valence-corrected chi connectivity index (χ2v) is 7.06. The van der Waals surface area contributed by atoms with Crippen molar-refractivity contribution in [2.75, 3.05) is 0 Å². The van der Waals surface area contributed by atoms with Crippen molar-refractivity contribution in [2.45, 2.75) is 24.6 Å². The second-order valence-electron chi connectivity index (χ2n) is 7.06. The zero-order valence-corrected chi connectivity index (χ0v) is 16.3. The van der Waals surface area contributed by atoms with Gasteiger partial charge in [-0.25, -0.2) is 4.79 Å². The first-order valence-electron chi connectivity index (χ1n) is 9.55. The van der Waals surface area contributed by atoms with E-state index in [0.29, 0.717) is 11.1 Å². The number of carboxylic acid groups (broad SMARTS) is 1. The van der Waals surface area contributed by atoms with E-state index in [1.807, 2.05) is 0 Å². The van der Waals surface area contributed by atoms with Crippen LogP contribution in [0.1, 0.15) is 28.2 Å². The lowest BCUT2D eigenvalue weighted by Crippen LogP contribution is -2.44. The molecule has 3 aromatic carbocycles. The molecule has 0 bridgehead atoms. The summed E-state index contributed by atoms with van der Waals surface area (Å²) in [6.07, 6.45) is -4.81. The highest BCUT2D eigenvalue weighted by Gasteiger charge is 2.31. The molecule has 1 amide bonds. The summed E-state index contributed by atoms with van der Waals surface area (Å²) in [6, 6.07) is 20.8. The minimum atomic E-state index is -4.54. The van der Waals surface area contributed by atoms with Gasteiger partial charge in [0, 0.05) is 6.42 Å². The van der Waals surface area contributed by atoms with Crippen LogP contribution in [0, 0.1) is 0 Å². The molecule has 1 atom stereocenters. The van der Waals surface area contributed by atoms with Crippen molar-refractivity contribution in [1.82, 2.24) is 5.32 Å². The lowest BCUT2D eigenvalue weighted by Gasteiger charge is -2.21. The fourth-order valence-electron chi connectivity index (χ4n) is 3.35. The van der Waals surface area contributed by atoms with Crippen molar-refractivity contribution in [1.29, 1.82) is 0 Å². The third-order valence-electron chi connectivity index (χ3n) is 4.84. The predicted molar refractivity (Wildman–Crippen MR) is 109 cm³/mol. The molecule has 0 saturated heterocycles. The molecule has 0 heterocycles. The Morgan fingerprint density at radius 3 is 1.87 bits per heavy atom. The quantitative estimate of drug-likeness (QED) is 0.577. The molecule has 0 fully saturated rings. The maximum Gasteiger partial charge on any atom is 0.416 e. The molecule has 0 aromatic heterocycles. The van der Waals surface area contributed by atoms with Crippen molar-refractivity contribution in [3.05, 3.63) is 107 Å². The van der Waals surface area contributed by atoms with E-state index in [1.165, 1.54) is 12.1 Å². The van der Waals surface area contributed by atoms with E-state index in [9.17, 15) is 27.9 Å². The summed E-state index contributed by atoms with van der Waals surface area (Å²) in [4.78, 5) is 24.9. The second kappa shape index (κ2) is 9.47. The number of alkyl halides is 3. The zero-order chi connectivity index (χ0) is 22.4. The van der Waals surface area contributed by atoms with Crippen molar-refractivity contribution >= 4 is 11.9 Å². The minimum Gasteiger partial charge on any atom is -0.480 e. The van der Waals surface area contributed by atoms with Crippen LogP contribution in [0.3, 0.4) is 0 Å². The van der Waals surface area contributed by atoms with Crippen LogP contribution in [0.2, 0.25) is 0 Å². The van der Waals surface area contributed by atoms with Crippen LogP contribution in [0.5, 0.6) is 0 Å². The van der Waals surface area contributed by atoms with Crippen LogP contribution in [-0.4, -0.2) is 23.0 Å². The van der Waals surface area contributed by atoms with E-state index < -0.39 is 35.6 Å². The van der Waals surface area contributed by atoms with E-state index >= 15 is 0 Å². The largest absolute Gasteiger partial charge is 0.480 e. The van der Waals surface area contributed by atoms with Gasteiger partial charge in [0.2, 0.25) is 5.91 Å². The first kappa shape index (κ1) is 22.1. The van der Waals surface area contributed by atoms with Gasteiger partial charge in [-0.3, -0.25) is 4.79 Å². The third kappa shape index (κ3) is 5.72. The number of carbonyl (C=O) groups excluding carboxylic acids is 1. The number of halogens is 3. The van der Waals surface area contributed by atoms with E-state index in [0.717, 1.165) is 12.1 Å². The number of hydrogen-bond donors (Lipinski definition) is 2. The molecule has 0 aliphatic carbocycles. The summed E-state index contributed by atoms with van der Waals surface area (Å²) in [5.74, 6) is -2.63. The monoisotopic (exact) mass is 427 g/mol. The SMILES string of the molecule is O=C(N[C@H](Cc1cccc(C(F)(F)F)c1)C(=O)O)C(c1ccccc1)c1ccccc1. The number of benzene rings is 3. The van der Waals surface area contributed by atoms with Gasteiger partial charge in [0.05, 0.1) is 11.5 Å². The summed E-state index contributed by atoms with van der Waals surface area (Å²) >= 11 is 0. The highest BCUT2D eigenvalue weighted by molar-refractivity contribution is 5.90. The topological polar surface area (TPSA) is 66.4 Å². The third-order valence-corrected chi connectivity index (χ3v) is 4.84. The van der Waals surface area contributed by atoms with Crippen LogP contribution >= 0.6 is 0 Å². The molecular formula is C24H20F3NO3. The van der Waals surface area contributed by atoms with Gasteiger partial charge in [0.1, 0.15) is 6.04 Å². The Morgan fingerprint density at radius 2 is 1.39 bits per heavy atom. The van der Waals surface area contributed by atoms with Crippen molar-refractivity contribution < 1.29 is 27.9 Å². The molecule has 0 saturated carbocycles. The first-order chi connectivity index (χ1) is 14.8. The van der Waals surface area contributed by atoms with Crippen LogP contribution in [0.25, 0.3) is 0 Å². The predicted octanol–water partition coefficient (Wildman–Crippen LogP) is 4.65. The normalized spacial score (nSPS) is 12.4. The molecule has 0 spiro atoms. The Morgan fingerprint density at radius 1 is 0.839 bits per heavy atom. The van der Waals surface area contributed by atoms with E-state index in [-0.39, 0.29) is 12.0 Å². The summed E-state index contributed by atoms with van der Waals surface area (Å²) in [5, 5.41) is 12.1. The summed E-state index contributed by atoms with van der Waals surface area (Å²) < 4.78 is 38.9. The molecule has 7 heteroatoms. The smallest absolute Gasteiger partial charge is 0.416 e. The molecule has 3 rings (SSSR count). The molecule has 2 N–H and O–H groups in total. The number of nitrogens with one attached hydrogen (secondary N) is 1. The van der Waals surface area contributed by atoms with Gasteiger partial charge in [-0.15, -0.1) is 0 Å². The first-order valence-corrected chi connectivity index (χ1v) is 9.55. The Kier molecular flexibility index (Phi) is 6.74. The van der Waals surface area contributed by atoms with Gasteiger partial charge in [-0.2, -0.15) is 13.2 Å². The lowest BCUT2D eigenvalue weighted by molar-refractivity contribution is -0.141. The Balaban J connectivity index is 1.86. The van der Waals surface area contributed by atoms with Crippen LogP contribution in [-0.2, 0) is 22.2 Å². The number of hydrogen-bond acceptors (Lipinski definition) is 2. The molecule has 4 nitrogen and oxygen atoms in total. The number of aliphatic carboxylic acids is 1. The Labute approximate surface area is 177 Å². The average molecular weight is 427 g/mol. The van der Waals surface area contributed by atoms with Crippen LogP contribution in [0.15, 0.2) is 84.9 Å². The molecule has 0 aliphatic heterocycles. The van der Waals surface area contributed by atoms with Crippen LogP contribution < -0.4 is 5.32 Å². The number of carboxylic acids is 1. The maximum absolute atomic E-state index is 13.1. The molecular weight excluding hydrogens is 407 g/mol. The van der Waals surface area contributed by atoms with Crippen LogP contribution in [0.4, 0.5) is 13.2 Å². The van der Waals surface area contributed by atoms with Gasteiger partial charge >= 0.3 is 12.1 Å². The summed E-state index contributed by atoms with van der Waals surface area (Å²) in [5.41, 5.74) is 0.647. The molecule has 0 aliphatic rings. The number of rotatable bonds is 7. The summed E-state index contributed by atoms with van der Waals surface area (Å²) in [7, 11) is 0. The molecule has 160 valence electrons. The fraction of sp³-hybridized carbons (Fsp3) is 0.167. The van der Waals surface area contributed by atoms with Gasteiger partial charge in [-0.05, 0) is 22.8 Å². The van der Waals surface area contributed by atoms with Gasteiger partial charge < -0.3 is 10.4 Å². The van der Waals surface area contributed by atoms with E-state index in [2.05, 4.69) is 5.32 Å².